The van der Waals surface area contributed by atoms with Crippen LogP contribution in [0.25, 0.3) is 27.9 Å². The van der Waals surface area contributed by atoms with Gasteiger partial charge >= 0.3 is 0 Å². The maximum absolute atomic E-state index is 6.57. The zero-order chi connectivity index (χ0) is 22.0. The second-order valence-corrected chi connectivity index (χ2v) is 8.96. The lowest BCUT2D eigenvalue weighted by atomic mass is 10.1. The van der Waals surface area contributed by atoms with Crippen LogP contribution in [0.3, 0.4) is 0 Å². The Bertz CT molecular complexity index is 1110. The molecule has 2 aromatic heterocycles. The summed E-state index contributed by atoms with van der Waals surface area (Å²) in [5, 5.41) is 1.65. The Morgan fingerprint density at radius 2 is 1.84 bits per heavy atom. The molecule has 0 spiro atoms. The van der Waals surface area contributed by atoms with Gasteiger partial charge in [0, 0.05) is 60.9 Å². The highest BCUT2D eigenvalue weighted by molar-refractivity contribution is 7.78. The topological polar surface area (TPSA) is 24.3 Å². The number of pyridine rings is 1. The van der Waals surface area contributed by atoms with Crippen LogP contribution < -0.4 is 0 Å². The first kappa shape index (κ1) is 21.8. The molecule has 0 unspecified atom stereocenters. The molecular formula is C25H29ClN4S. The lowest BCUT2D eigenvalue weighted by molar-refractivity contribution is 0.209. The molecule has 0 amide bonds. The van der Waals surface area contributed by atoms with Gasteiger partial charge in [0.15, 0.2) is 0 Å². The van der Waals surface area contributed by atoms with Crippen molar-refractivity contribution in [3.8, 4) is 11.3 Å². The average Bonchev–Trinajstić information content (AvgIpc) is 3.23. The summed E-state index contributed by atoms with van der Waals surface area (Å²) < 4.78 is 1.71. The number of thiol groups is 1. The van der Waals surface area contributed by atoms with Gasteiger partial charge in [0.1, 0.15) is 0 Å². The first-order valence-electron chi connectivity index (χ1n) is 10.8. The fraction of sp³-hybridized carbons (Fsp3) is 0.320. The summed E-state index contributed by atoms with van der Waals surface area (Å²) in [5.41, 5.74) is 6.08. The van der Waals surface area contributed by atoms with Crippen molar-refractivity contribution < 1.29 is 0 Å². The number of aromatic nitrogens is 2. The molecule has 31 heavy (non-hydrogen) atoms. The molecule has 0 aliphatic carbocycles. The van der Waals surface area contributed by atoms with E-state index in [-0.39, 0.29) is 0 Å². The van der Waals surface area contributed by atoms with Crippen LogP contribution in [0.1, 0.15) is 31.7 Å². The molecule has 3 aromatic rings. The van der Waals surface area contributed by atoms with Crippen molar-refractivity contribution in [3.63, 3.8) is 0 Å². The second kappa shape index (κ2) is 9.41. The van der Waals surface area contributed by atoms with Crippen molar-refractivity contribution in [1.29, 1.82) is 0 Å². The van der Waals surface area contributed by atoms with Gasteiger partial charge in [-0.05, 0) is 36.6 Å². The molecule has 4 rings (SSSR count). The molecule has 6 heteroatoms. The van der Waals surface area contributed by atoms with Gasteiger partial charge < -0.3 is 13.8 Å². The van der Waals surface area contributed by atoms with Crippen molar-refractivity contribution >= 4 is 41.0 Å². The highest BCUT2D eigenvalue weighted by Gasteiger charge is 2.20. The van der Waals surface area contributed by atoms with Crippen molar-refractivity contribution in [2.24, 2.45) is 0 Å². The number of piperazine rings is 1. The van der Waals surface area contributed by atoms with Gasteiger partial charge in [0.2, 0.25) is 0 Å². The fourth-order valence-electron chi connectivity index (χ4n) is 4.06. The molecule has 0 N–H and O–H groups in total. The van der Waals surface area contributed by atoms with E-state index in [1.807, 2.05) is 30.6 Å². The lowest BCUT2D eigenvalue weighted by Crippen LogP contribution is -2.44. The number of halogens is 1. The van der Waals surface area contributed by atoms with E-state index in [1.165, 1.54) is 18.5 Å². The maximum Gasteiger partial charge on any atom is 0.0740 e. The predicted octanol–water partition coefficient (Wildman–Crippen LogP) is 6.34. The van der Waals surface area contributed by atoms with Crippen molar-refractivity contribution in [3.05, 3.63) is 72.2 Å². The minimum absolute atomic E-state index is 0.697. The molecule has 0 saturated carbocycles. The third-order valence-corrected chi connectivity index (χ3v) is 6.56. The SMILES string of the molecule is C=C(CCCC)N1CCN(C(=C)c2ccc3c(Cl)cc(-c4ccn(S)c4)nc3c2)CC1. The minimum Gasteiger partial charge on any atom is -0.372 e. The molecule has 162 valence electrons. The Kier molecular flexibility index (Phi) is 6.63. The van der Waals surface area contributed by atoms with Crippen LogP contribution in [0.5, 0.6) is 0 Å². The van der Waals surface area contributed by atoms with Gasteiger partial charge in [0.25, 0.3) is 0 Å². The summed E-state index contributed by atoms with van der Waals surface area (Å²) >= 11 is 10.9. The molecule has 0 radical (unpaired) electrons. The van der Waals surface area contributed by atoms with E-state index in [1.54, 1.807) is 3.97 Å². The predicted molar refractivity (Wildman–Crippen MR) is 135 cm³/mol. The van der Waals surface area contributed by atoms with Crippen LogP contribution in [0.4, 0.5) is 0 Å². The van der Waals surface area contributed by atoms with Crippen LogP contribution >= 0.6 is 24.4 Å². The Labute approximate surface area is 195 Å². The largest absolute Gasteiger partial charge is 0.372 e. The molecule has 1 saturated heterocycles. The molecule has 0 atom stereocenters. The number of hydrogen-bond acceptors (Lipinski definition) is 4. The van der Waals surface area contributed by atoms with Crippen LogP contribution in [-0.2, 0) is 0 Å². The molecule has 1 aromatic carbocycles. The van der Waals surface area contributed by atoms with E-state index >= 15 is 0 Å². The summed E-state index contributed by atoms with van der Waals surface area (Å²) in [6.45, 7) is 14.8. The van der Waals surface area contributed by atoms with Gasteiger partial charge in [0.05, 0.1) is 16.2 Å². The van der Waals surface area contributed by atoms with Crippen molar-refractivity contribution in [2.45, 2.75) is 26.2 Å². The number of hydrogen-bond donors (Lipinski definition) is 1. The van der Waals surface area contributed by atoms with E-state index in [9.17, 15) is 0 Å². The normalized spacial score (nSPS) is 14.3. The summed E-state index contributed by atoms with van der Waals surface area (Å²) in [6.07, 6.45) is 7.31. The van der Waals surface area contributed by atoms with E-state index in [0.29, 0.717) is 5.02 Å². The third-order valence-electron chi connectivity index (χ3n) is 5.99. The van der Waals surface area contributed by atoms with Gasteiger partial charge in [-0.3, -0.25) is 0 Å². The molecule has 0 bridgehead atoms. The standard InChI is InChI=1S/C25H29ClN4S/c1-4-5-6-18(2)28-11-13-29(14-12-28)19(3)20-7-8-22-23(26)16-24(27-25(22)15-20)21-9-10-30(31)17-21/h7-10,15-17,31H,2-6,11-14H2,1H3. The highest BCUT2D eigenvalue weighted by Crippen LogP contribution is 2.31. The van der Waals surface area contributed by atoms with E-state index < -0.39 is 0 Å². The smallest absolute Gasteiger partial charge is 0.0740 e. The maximum atomic E-state index is 6.57. The zero-order valence-corrected chi connectivity index (χ0v) is 19.7. The van der Waals surface area contributed by atoms with Gasteiger partial charge in [-0.15, -0.1) is 0 Å². The summed E-state index contributed by atoms with van der Waals surface area (Å²) in [6, 6.07) is 10.1. The first-order chi connectivity index (χ1) is 15.0. The molecule has 3 heterocycles. The molecular weight excluding hydrogens is 424 g/mol. The van der Waals surface area contributed by atoms with Gasteiger partial charge in [-0.1, -0.05) is 63.1 Å². The minimum atomic E-state index is 0.697. The monoisotopic (exact) mass is 452 g/mol. The highest BCUT2D eigenvalue weighted by atomic mass is 35.5. The van der Waals surface area contributed by atoms with Crippen LogP contribution in [0.15, 0.2) is 61.6 Å². The van der Waals surface area contributed by atoms with Crippen LogP contribution in [0.2, 0.25) is 5.02 Å². The average molecular weight is 453 g/mol. The van der Waals surface area contributed by atoms with Crippen LogP contribution in [-0.4, -0.2) is 44.9 Å². The summed E-state index contributed by atoms with van der Waals surface area (Å²) in [5.74, 6) is 0. The number of benzene rings is 1. The summed E-state index contributed by atoms with van der Waals surface area (Å²) in [4.78, 5) is 9.64. The number of nitrogens with zero attached hydrogens (tertiary/aromatic N) is 4. The number of fused-ring (bicyclic) bond motifs is 1. The van der Waals surface area contributed by atoms with Crippen molar-refractivity contribution in [2.75, 3.05) is 26.2 Å². The Morgan fingerprint density at radius 3 is 2.52 bits per heavy atom. The fourth-order valence-corrected chi connectivity index (χ4v) is 4.52. The number of allylic oxidation sites excluding steroid dienone is 1. The Balaban J connectivity index is 1.52. The van der Waals surface area contributed by atoms with E-state index in [0.717, 1.165) is 66.0 Å². The first-order valence-corrected chi connectivity index (χ1v) is 11.6. The number of rotatable bonds is 7. The molecule has 1 fully saturated rings. The van der Waals surface area contributed by atoms with E-state index in [2.05, 4.69) is 54.8 Å². The Hall–Kier alpha value is -2.37. The summed E-state index contributed by atoms with van der Waals surface area (Å²) in [7, 11) is 0. The number of unbranched alkanes of at least 4 members (excludes halogenated alkanes) is 1. The van der Waals surface area contributed by atoms with E-state index in [4.69, 9.17) is 16.6 Å². The quantitative estimate of drug-likeness (QED) is 0.423. The molecule has 1 aliphatic rings. The molecule has 4 nitrogen and oxygen atoms in total. The third kappa shape index (κ3) is 4.78. The van der Waals surface area contributed by atoms with Gasteiger partial charge in [-0.2, -0.15) is 0 Å². The molecule has 1 aliphatic heterocycles. The zero-order valence-electron chi connectivity index (χ0n) is 18.0. The second-order valence-electron chi connectivity index (χ2n) is 8.09. The Morgan fingerprint density at radius 1 is 1.10 bits per heavy atom. The van der Waals surface area contributed by atoms with Crippen molar-refractivity contribution in [1.82, 2.24) is 18.8 Å². The van der Waals surface area contributed by atoms with Crippen LogP contribution in [0, 0.1) is 0 Å². The van der Waals surface area contributed by atoms with Gasteiger partial charge in [-0.25, -0.2) is 4.98 Å². The lowest BCUT2D eigenvalue weighted by Gasteiger charge is -2.39.